The summed E-state index contributed by atoms with van der Waals surface area (Å²) in [6.07, 6.45) is -3.62. The molecule has 43 heavy (non-hydrogen) atoms. The van der Waals surface area contributed by atoms with Crippen LogP contribution in [-0.4, -0.2) is 80.5 Å². The second-order valence-corrected chi connectivity index (χ2v) is 10.3. The quantitative estimate of drug-likeness (QED) is 0.192. The van der Waals surface area contributed by atoms with Crippen LogP contribution in [0.3, 0.4) is 0 Å². The lowest BCUT2D eigenvalue weighted by molar-refractivity contribution is -0.259. The molecule has 5 rings (SSSR count). The molecule has 0 bridgehead atoms. The van der Waals surface area contributed by atoms with Crippen LogP contribution in [0.25, 0.3) is 11.1 Å². The third-order valence-corrected chi connectivity index (χ3v) is 7.57. The van der Waals surface area contributed by atoms with Crippen LogP contribution in [0.4, 0.5) is 0 Å². The molecule has 1 aliphatic rings. The highest BCUT2D eigenvalue weighted by Crippen LogP contribution is 2.30. The van der Waals surface area contributed by atoms with Crippen LogP contribution >= 0.6 is 0 Å². The first kappa shape index (κ1) is 30.5. The molecule has 0 unspecified atom stereocenters. The van der Waals surface area contributed by atoms with Gasteiger partial charge in [-0.15, -0.1) is 5.10 Å². The Kier molecular flexibility index (Phi) is 9.97. The number of ether oxygens (including phenoxy) is 4. The minimum Gasteiger partial charge on any atom is -0.481 e. The van der Waals surface area contributed by atoms with Gasteiger partial charge in [-0.3, -0.25) is 0 Å². The molecule has 228 valence electrons. The van der Waals surface area contributed by atoms with E-state index in [1.54, 1.807) is 13.3 Å². The zero-order valence-electron chi connectivity index (χ0n) is 24.3. The van der Waals surface area contributed by atoms with Crippen LogP contribution in [0.2, 0.25) is 0 Å². The number of nitrogens with zero attached hydrogens (tertiary/aromatic N) is 4. The molecule has 1 aliphatic heterocycles. The van der Waals surface area contributed by atoms with Gasteiger partial charge >= 0.3 is 0 Å². The number of hydrogen-bond donors (Lipinski definition) is 4. The van der Waals surface area contributed by atoms with E-state index in [4.69, 9.17) is 18.9 Å². The molecule has 0 radical (unpaired) electrons. The summed E-state index contributed by atoms with van der Waals surface area (Å²) < 4.78 is 23.8. The first-order chi connectivity index (χ1) is 20.9. The van der Waals surface area contributed by atoms with Crippen molar-refractivity contribution in [1.82, 2.24) is 25.3 Å². The van der Waals surface area contributed by atoms with E-state index in [9.17, 15) is 15.3 Å². The van der Waals surface area contributed by atoms with E-state index in [-0.39, 0.29) is 0 Å². The lowest BCUT2D eigenvalue weighted by Crippen LogP contribution is -2.57. The molecular weight excluding hydrogens is 554 g/mol. The number of rotatable bonds is 12. The van der Waals surface area contributed by atoms with Gasteiger partial charge in [0, 0.05) is 31.8 Å². The van der Waals surface area contributed by atoms with E-state index < -0.39 is 37.3 Å². The predicted molar refractivity (Wildman–Crippen MR) is 156 cm³/mol. The van der Waals surface area contributed by atoms with Gasteiger partial charge in [-0.2, -0.15) is 4.98 Å². The van der Waals surface area contributed by atoms with E-state index in [2.05, 4.69) is 51.8 Å². The van der Waals surface area contributed by atoms with E-state index >= 15 is 0 Å². The highest BCUT2D eigenvalue weighted by molar-refractivity contribution is 5.68. The Morgan fingerprint density at radius 1 is 0.953 bits per heavy atom. The third-order valence-electron chi connectivity index (χ3n) is 7.57. The van der Waals surface area contributed by atoms with Gasteiger partial charge in [0.1, 0.15) is 31.0 Å². The molecule has 1 fully saturated rings. The molecular formula is C31H37N5O7. The summed E-state index contributed by atoms with van der Waals surface area (Å²) in [6, 6.07) is 20.2. The number of aliphatic hydroxyl groups is 3. The Morgan fingerprint density at radius 2 is 1.77 bits per heavy atom. The van der Waals surface area contributed by atoms with Crippen molar-refractivity contribution in [3.05, 3.63) is 89.2 Å². The molecule has 12 heteroatoms. The summed E-state index contributed by atoms with van der Waals surface area (Å²) >= 11 is 0. The van der Waals surface area contributed by atoms with Crippen LogP contribution in [-0.2, 0) is 29.2 Å². The molecule has 4 aromatic rings. The molecule has 1 saturated heterocycles. The van der Waals surface area contributed by atoms with E-state index in [0.29, 0.717) is 37.2 Å². The molecule has 12 nitrogen and oxygen atoms in total. The van der Waals surface area contributed by atoms with Crippen molar-refractivity contribution in [2.75, 3.05) is 20.8 Å². The van der Waals surface area contributed by atoms with Gasteiger partial charge in [0.05, 0.1) is 25.6 Å². The topological polar surface area (TPSA) is 153 Å². The second-order valence-electron chi connectivity index (χ2n) is 10.3. The summed E-state index contributed by atoms with van der Waals surface area (Å²) in [6.45, 7) is 2.83. The van der Waals surface area contributed by atoms with Gasteiger partial charge < -0.3 is 39.6 Å². The molecule has 3 heterocycles. The van der Waals surface area contributed by atoms with Crippen LogP contribution in [0.5, 0.6) is 11.8 Å². The lowest BCUT2D eigenvalue weighted by atomic mass is 9.97. The number of nitrogens with one attached hydrogen (secondary N) is 1. The van der Waals surface area contributed by atoms with Crippen LogP contribution in [0.15, 0.2) is 66.9 Å². The lowest BCUT2D eigenvalue weighted by Gasteiger charge is -2.41. The summed E-state index contributed by atoms with van der Waals surface area (Å²) in [7, 11) is 2.94. The monoisotopic (exact) mass is 591 g/mol. The van der Waals surface area contributed by atoms with Crippen molar-refractivity contribution >= 4 is 0 Å². The molecule has 0 amide bonds. The Hall–Kier alpha value is -3.91. The maximum Gasteiger partial charge on any atom is 0.220 e. The SMILES string of the molecule is COc1nc(OCc2cccc(-c3ccccc3)c2C)ccc1CNCc1cn([C@@H]2O[C@H](CO)[C@@H](O)[C@H](OC)[C@H]2O)nn1. The molecule has 0 saturated carbocycles. The summed E-state index contributed by atoms with van der Waals surface area (Å²) in [5.74, 6) is 0.904. The normalized spacial score (nSPS) is 22.0. The average Bonchev–Trinajstić information content (AvgIpc) is 3.50. The molecule has 2 aromatic carbocycles. The molecule has 4 N–H and O–H groups in total. The largest absolute Gasteiger partial charge is 0.481 e. The number of aromatic nitrogens is 4. The standard InChI is InChI=1S/C31H37N5O7/c1-19-22(10-7-11-24(19)20-8-5-4-6-9-20)18-42-26-13-12-21(30(33-26)41-3)14-32-15-23-16-36(35-34-23)31-28(39)29(40-2)27(38)25(17-37)43-31/h4-13,16,25,27-29,31-32,37-39H,14-15,17-18H2,1-3H3/t25-,27-,28-,29+,31-/m1/s1. The number of hydrogen-bond acceptors (Lipinski definition) is 11. The van der Waals surface area contributed by atoms with Crippen molar-refractivity contribution in [1.29, 1.82) is 0 Å². The highest BCUT2D eigenvalue weighted by Gasteiger charge is 2.45. The van der Waals surface area contributed by atoms with Crippen LogP contribution < -0.4 is 14.8 Å². The first-order valence-electron chi connectivity index (χ1n) is 14.0. The van der Waals surface area contributed by atoms with E-state index in [1.165, 1.54) is 17.4 Å². The molecule has 0 aliphatic carbocycles. The maximum atomic E-state index is 10.6. The Balaban J connectivity index is 1.18. The Labute approximate surface area is 249 Å². The first-order valence-corrected chi connectivity index (χ1v) is 14.0. The third kappa shape index (κ3) is 6.85. The maximum absolute atomic E-state index is 10.6. The van der Waals surface area contributed by atoms with Crippen molar-refractivity contribution < 1.29 is 34.3 Å². The fourth-order valence-corrected chi connectivity index (χ4v) is 5.17. The number of aliphatic hydroxyl groups excluding tert-OH is 3. The number of benzene rings is 2. The zero-order chi connectivity index (χ0) is 30.3. The van der Waals surface area contributed by atoms with Crippen molar-refractivity contribution in [2.45, 2.75) is 57.3 Å². The van der Waals surface area contributed by atoms with E-state index in [0.717, 1.165) is 22.3 Å². The van der Waals surface area contributed by atoms with Gasteiger partial charge in [-0.25, -0.2) is 4.68 Å². The molecule has 5 atom stereocenters. The fraction of sp³-hybridized carbons (Fsp3) is 0.387. The smallest absolute Gasteiger partial charge is 0.220 e. The van der Waals surface area contributed by atoms with Crippen LogP contribution in [0.1, 0.15) is 28.6 Å². The Morgan fingerprint density at radius 3 is 2.51 bits per heavy atom. The van der Waals surface area contributed by atoms with Gasteiger partial charge in [0.15, 0.2) is 6.23 Å². The van der Waals surface area contributed by atoms with Gasteiger partial charge in [-0.05, 0) is 35.2 Å². The summed E-state index contributed by atoms with van der Waals surface area (Å²) in [4.78, 5) is 4.54. The number of pyridine rings is 1. The average molecular weight is 592 g/mol. The zero-order valence-corrected chi connectivity index (χ0v) is 24.3. The number of methoxy groups -OCH3 is 2. The van der Waals surface area contributed by atoms with Gasteiger partial charge in [-0.1, -0.05) is 53.7 Å². The van der Waals surface area contributed by atoms with Crippen molar-refractivity contribution in [3.8, 4) is 22.9 Å². The Bertz CT molecular complexity index is 1480. The second kappa shape index (κ2) is 14.0. The summed E-state index contributed by atoms with van der Waals surface area (Å²) in [5.41, 5.74) is 5.99. The van der Waals surface area contributed by atoms with E-state index in [1.807, 2.05) is 36.4 Å². The summed E-state index contributed by atoms with van der Waals surface area (Å²) in [5, 5.41) is 41.9. The minimum atomic E-state index is -1.21. The minimum absolute atomic E-state index is 0.362. The fourth-order valence-electron chi connectivity index (χ4n) is 5.17. The van der Waals surface area contributed by atoms with Crippen molar-refractivity contribution in [2.24, 2.45) is 0 Å². The predicted octanol–water partition coefficient (Wildman–Crippen LogP) is 2.15. The molecule has 0 spiro atoms. The van der Waals surface area contributed by atoms with Crippen molar-refractivity contribution in [3.63, 3.8) is 0 Å². The highest BCUT2D eigenvalue weighted by atomic mass is 16.6. The molecule has 2 aromatic heterocycles. The van der Waals surface area contributed by atoms with Gasteiger partial charge in [0.25, 0.3) is 0 Å². The van der Waals surface area contributed by atoms with Gasteiger partial charge in [0.2, 0.25) is 11.8 Å². The van der Waals surface area contributed by atoms with Crippen LogP contribution in [0, 0.1) is 6.92 Å².